The Morgan fingerprint density at radius 2 is 1.94 bits per heavy atom. The van der Waals surface area contributed by atoms with Gasteiger partial charge >= 0.3 is 0 Å². The second kappa shape index (κ2) is 8.41. The number of nitrogens with zero attached hydrogens (tertiary/aromatic N) is 5. The van der Waals surface area contributed by atoms with Gasteiger partial charge in [-0.25, -0.2) is 15.0 Å². The van der Waals surface area contributed by atoms with Crippen LogP contribution in [0.3, 0.4) is 0 Å². The molecule has 1 saturated heterocycles. The molecule has 166 valence electrons. The van der Waals surface area contributed by atoms with E-state index in [1.54, 1.807) is 6.20 Å². The van der Waals surface area contributed by atoms with Gasteiger partial charge in [-0.05, 0) is 55.5 Å². The van der Waals surface area contributed by atoms with Gasteiger partial charge in [0.25, 0.3) is 0 Å². The first-order chi connectivity index (χ1) is 16.2. The Bertz CT molecular complexity index is 1290. The van der Waals surface area contributed by atoms with Crippen molar-refractivity contribution >= 4 is 28.2 Å². The average Bonchev–Trinajstić information content (AvgIpc) is 3.69. The van der Waals surface area contributed by atoms with Gasteiger partial charge in [-0.15, -0.1) is 0 Å². The molecule has 4 aromatic rings. The molecular weight excluding hydrogens is 410 g/mol. The lowest BCUT2D eigenvalue weighted by molar-refractivity contribution is 0.483. The van der Waals surface area contributed by atoms with Crippen LogP contribution in [0.5, 0.6) is 0 Å². The lowest BCUT2D eigenvalue weighted by atomic mass is 10.1. The maximum Gasteiger partial charge on any atom is 0.162 e. The van der Waals surface area contributed by atoms with Crippen LogP contribution in [-0.2, 0) is 0 Å². The second-order valence-electron chi connectivity index (χ2n) is 8.99. The van der Waals surface area contributed by atoms with Gasteiger partial charge in [-0.3, -0.25) is 4.98 Å². The van der Waals surface area contributed by atoms with E-state index in [1.807, 2.05) is 54.9 Å². The van der Waals surface area contributed by atoms with Crippen molar-refractivity contribution in [1.29, 1.82) is 0 Å². The molecule has 1 atom stereocenters. The summed E-state index contributed by atoms with van der Waals surface area (Å²) in [6, 6.07) is 14.5. The Morgan fingerprint density at radius 1 is 1.06 bits per heavy atom. The highest BCUT2D eigenvalue weighted by Gasteiger charge is 2.30. The zero-order valence-electron chi connectivity index (χ0n) is 18.7. The van der Waals surface area contributed by atoms with Gasteiger partial charge in [0, 0.05) is 54.7 Å². The third-order valence-electron chi connectivity index (χ3n) is 6.37. The fourth-order valence-corrected chi connectivity index (χ4v) is 4.58. The number of para-hydroxylation sites is 1. The van der Waals surface area contributed by atoms with Gasteiger partial charge in [0.05, 0.1) is 11.7 Å². The van der Waals surface area contributed by atoms with Crippen molar-refractivity contribution in [2.45, 2.75) is 31.7 Å². The van der Waals surface area contributed by atoms with Gasteiger partial charge < -0.3 is 15.5 Å². The predicted molar refractivity (Wildman–Crippen MR) is 132 cm³/mol. The average molecular weight is 438 g/mol. The number of fused-ring (bicyclic) bond motifs is 1. The number of pyridine rings is 2. The first kappa shape index (κ1) is 20.1. The van der Waals surface area contributed by atoms with Gasteiger partial charge in [0.2, 0.25) is 0 Å². The third kappa shape index (κ3) is 4.12. The molecule has 2 N–H and O–H groups in total. The van der Waals surface area contributed by atoms with E-state index in [1.165, 1.54) is 23.8 Å². The third-order valence-corrected chi connectivity index (χ3v) is 6.37. The van der Waals surface area contributed by atoms with Crippen LogP contribution in [0.1, 0.15) is 31.2 Å². The number of rotatable bonds is 5. The number of nitrogens with one attached hydrogen (secondary N) is 2. The van der Waals surface area contributed by atoms with Crippen molar-refractivity contribution in [3.63, 3.8) is 0 Å². The van der Waals surface area contributed by atoms with Crippen LogP contribution >= 0.6 is 0 Å². The van der Waals surface area contributed by atoms with E-state index in [0.29, 0.717) is 17.8 Å². The standard InChI is InChI=1S/C26H27N7/c1-17-16-33(12-11-28-17)26-24-21(18-7-8-18)14-27-15-22(24)31-25(32-26)19-9-10-29-23(13-19)30-20-5-3-2-4-6-20/h2-6,9-10,13-15,17-18,28H,7-8,11-12,16H2,1H3,(H,29,30). The molecule has 2 aliphatic rings. The molecule has 2 fully saturated rings. The van der Waals surface area contributed by atoms with Crippen LogP contribution in [0, 0.1) is 0 Å². The van der Waals surface area contributed by atoms with Crippen molar-refractivity contribution in [2.24, 2.45) is 0 Å². The van der Waals surface area contributed by atoms with Crippen LogP contribution < -0.4 is 15.5 Å². The minimum Gasteiger partial charge on any atom is -0.353 e. The summed E-state index contributed by atoms with van der Waals surface area (Å²) in [6.07, 6.45) is 8.15. The molecule has 1 saturated carbocycles. The maximum absolute atomic E-state index is 5.15. The summed E-state index contributed by atoms with van der Waals surface area (Å²) in [6.45, 7) is 5.03. The maximum atomic E-state index is 5.15. The van der Waals surface area contributed by atoms with Crippen molar-refractivity contribution in [3.8, 4) is 11.4 Å². The predicted octanol–water partition coefficient (Wildman–Crippen LogP) is 4.51. The molecule has 0 amide bonds. The molecule has 7 heteroatoms. The van der Waals surface area contributed by atoms with Crippen LogP contribution in [0.15, 0.2) is 61.1 Å². The smallest absolute Gasteiger partial charge is 0.162 e. The minimum absolute atomic E-state index is 0.418. The minimum atomic E-state index is 0.418. The molecule has 1 aliphatic carbocycles. The van der Waals surface area contributed by atoms with Crippen molar-refractivity contribution in [3.05, 3.63) is 66.6 Å². The van der Waals surface area contributed by atoms with Crippen molar-refractivity contribution < 1.29 is 0 Å². The van der Waals surface area contributed by atoms with Crippen LogP contribution in [0.2, 0.25) is 0 Å². The first-order valence-corrected chi connectivity index (χ1v) is 11.7. The summed E-state index contributed by atoms with van der Waals surface area (Å²) in [4.78, 5) is 21.6. The Hall–Kier alpha value is -3.58. The molecular formula is C26H27N7. The summed E-state index contributed by atoms with van der Waals surface area (Å²) >= 11 is 0. The molecule has 0 bridgehead atoms. The number of hydrogen-bond acceptors (Lipinski definition) is 7. The van der Waals surface area contributed by atoms with Gasteiger partial charge in [0.1, 0.15) is 11.6 Å². The van der Waals surface area contributed by atoms with E-state index in [9.17, 15) is 0 Å². The number of hydrogen-bond donors (Lipinski definition) is 2. The lowest BCUT2D eigenvalue weighted by Gasteiger charge is -2.33. The van der Waals surface area contributed by atoms with Crippen molar-refractivity contribution in [1.82, 2.24) is 25.3 Å². The molecule has 4 heterocycles. The summed E-state index contributed by atoms with van der Waals surface area (Å²) in [5.41, 5.74) is 4.14. The highest BCUT2D eigenvalue weighted by Crippen LogP contribution is 2.44. The Balaban J connectivity index is 1.45. The highest BCUT2D eigenvalue weighted by atomic mass is 15.2. The molecule has 33 heavy (non-hydrogen) atoms. The number of benzene rings is 1. The van der Waals surface area contributed by atoms with Crippen molar-refractivity contribution in [2.75, 3.05) is 29.9 Å². The van der Waals surface area contributed by atoms with Crippen LogP contribution in [-0.4, -0.2) is 45.6 Å². The van der Waals surface area contributed by atoms with Crippen LogP contribution in [0.25, 0.3) is 22.3 Å². The SMILES string of the molecule is CC1CN(c2nc(-c3ccnc(Nc4ccccc4)c3)nc3cncc(C4CC4)c23)CCN1. The molecule has 0 radical (unpaired) electrons. The topological polar surface area (TPSA) is 78.9 Å². The van der Waals surface area contributed by atoms with E-state index in [4.69, 9.17) is 9.97 Å². The van der Waals surface area contributed by atoms with E-state index in [2.05, 4.69) is 32.4 Å². The fraction of sp³-hybridized carbons (Fsp3) is 0.308. The summed E-state index contributed by atoms with van der Waals surface area (Å²) < 4.78 is 0. The molecule has 0 spiro atoms. The normalized spacial score (nSPS) is 18.5. The summed E-state index contributed by atoms with van der Waals surface area (Å²) in [5.74, 6) is 3.08. The van der Waals surface area contributed by atoms with Gasteiger partial charge in [-0.2, -0.15) is 0 Å². The number of aromatic nitrogens is 4. The molecule has 7 nitrogen and oxygen atoms in total. The second-order valence-corrected chi connectivity index (χ2v) is 8.99. The van der Waals surface area contributed by atoms with Gasteiger partial charge in [0.15, 0.2) is 5.82 Å². The zero-order chi connectivity index (χ0) is 22.2. The van der Waals surface area contributed by atoms with E-state index < -0.39 is 0 Å². The van der Waals surface area contributed by atoms with E-state index in [0.717, 1.165) is 48.0 Å². The monoisotopic (exact) mass is 437 g/mol. The summed E-state index contributed by atoms with van der Waals surface area (Å²) in [5, 5.41) is 8.08. The molecule has 6 rings (SSSR count). The largest absolute Gasteiger partial charge is 0.353 e. The number of anilines is 3. The van der Waals surface area contributed by atoms with Gasteiger partial charge in [-0.1, -0.05) is 18.2 Å². The molecule has 1 aromatic carbocycles. The van der Waals surface area contributed by atoms with E-state index in [-0.39, 0.29) is 0 Å². The van der Waals surface area contributed by atoms with E-state index >= 15 is 0 Å². The Morgan fingerprint density at radius 3 is 2.76 bits per heavy atom. The molecule has 1 unspecified atom stereocenters. The Kier molecular flexibility index (Phi) is 5.11. The highest BCUT2D eigenvalue weighted by molar-refractivity contribution is 5.94. The first-order valence-electron chi connectivity index (χ1n) is 11.7. The quantitative estimate of drug-likeness (QED) is 0.476. The summed E-state index contributed by atoms with van der Waals surface area (Å²) in [7, 11) is 0. The Labute approximate surface area is 193 Å². The number of piperazine rings is 1. The van der Waals surface area contributed by atoms with Crippen LogP contribution in [0.4, 0.5) is 17.3 Å². The lowest BCUT2D eigenvalue weighted by Crippen LogP contribution is -2.49. The molecule has 1 aliphatic heterocycles. The molecule has 3 aromatic heterocycles. The fourth-order valence-electron chi connectivity index (χ4n) is 4.58. The zero-order valence-corrected chi connectivity index (χ0v) is 18.7.